The van der Waals surface area contributed by atoms with Crippen molar-refractivity contribution in [2.75, 3.05) is 26.2 Å². The van der Waals surface area contributed by atoms with E-state index in [1.54, 1.807) is 6.07 Å². The molecule has 2 atom stereocenters. The van der Waals surface area contributed by atoms with Crippen molar-refractivity contribution in [1.82, 2.24) is 10.2 Å². The number of hydrogen-bond acceptors (Lipinski definition) is 5. The fourth-order valence-corrected chi connectivity index (χ4v) is 5.61. The van der Waals surface area contributed by atoms with Crippen molar-refractivity contribution in [3.63, 3.8) is 0 Å². The summed E-state index contributed by atoms with van der Waals surface area (Å²) >= 11 is 0. The van der Waals surface area contributed by atoms with Gasteiger partial charge in [0.05, 0.1) is 0 Å². The van der Waals surface area contributed by atoms with Crippen LogP contribution in [0.5, 0.6) is 5.75 Å². The van der Waals surface area contributed by atoms with E-state index in [-0.39, 0.29) is 18.1 Å². The summed E-state index contributed by atoms with van der Waals surface area (Å²) in [4.78, 5) is 27.1. The third kappa shape index (κ3) is 3.85. The zero-order valence-corrected chi connectivity index (χ0v) is 17.5. The number of piperidine rings is 2. The molecule has 160 valence electrons. The number of carbonyl (C=O) groups is 1. The Morgan fingerprint density at radius 3 is 2.90 bits per heavy atom. The molecule has 1 aromatic carbocycles. The Labute approximate surface area is 176 Å². The highest BCUT2D eigenvalue weighted by atomic mass is 16.5. The molecule has 2 aromatic rings. The highest BCUT2D eigenvalue weighted by Crippen LogP contribution is 2.31. The summed E-state index contributed by atoms with van der Waals surface area (Å²) in [6.07, 6.45) is 8.98. The van der Waals surface area contributed by atoms with Gasteiger partial charge in [-0.15, -0.1) is 0 Å². The van der Waals surface area contributed by atoms with Gasteiger partial charge in [-0.2, -0.15) is 0 Å². The number of fused-ring (bicyclic) bond motifs is 4. The molecular formula is C24H30N2O4. The molecule has 2 fully saturated rings. The first kappa shape index (κ1) is 19.6. The normalized spacial score (nSPS) is 23.7. The summed E-state index contributed by atoms with van der Waals surface area (Å²) in [6.45, 7) is 3.11. The van der Waals surface area contributed by atoms with E-state index >= 15 is 0 Å². The number of benzene rings is 1. The number of nitrogens with one attached hydrogen (secondary N) is 1. The first-order chi connectivity index (χ1) is 14.7. The number of nitrogens with zero attached hydrogens (tertiary/aromatic N) is 1. The van der Waals surface area contributed by atoms with E-state index in [0.717, 1.165) is 42.3 Å². The van der Waals surface area contributed by atoms with E-state index < -0.39 is 0 Å². The van der Waals surface area contributed by atoms with Crippen LogP contribution in [0.1, 0.15) is 49.7 Å². The molecule has 0 unspecified atom stereocenters. The molecule has 1 amide bonds. The van der Waals surface area contributed by atoms with E-state index in [9.17, 15) is 9.59 Å². The molecule has 0 spiro atoms. The summed E-state index contributed by atoms with van der Waals surface area (Å²) < 4.78 is 11.2. The van der Waals surface area contributed by atoms with Crippen molar-refractivity contribution in [3.8, 4) is 5.75 Å². The van der Waals surface area contributed by atoms with E-state index in [4.69, 9.17) is 9.15 Å². The Bertz CT molecular complexity index is 997. The molecule has 5 rings (SSSR count). The number of amides is 1. The molecule has 0 saturated carbocycles. The zero-order valence-electron chi connectivity index (χ0n) is 17.5. The molecule has 30 heavy (non-hydrogen) atoms. The molecule has 6 nitrogen and oxygen atoms in total. The molecule has 1 aliphatic carbocycles. The summed E-state index contributed by atoms with van der Waals surface area (Å²) in [6, 6.07) is 6.15. The van der Waals surface area contributed by atoms with Crippen molar-refractivity contribution in [3.05, 3.63) is 39.7 Å². The third-order valence-corrected chi connectivity index (χ3v) is 7.11. The van der Waals surface area contributed by atoms with Crippen LogP contribution < -0.4 is 15.7 Å². The van der Waals surface area contributed by atoms with Gasteiger partial charge < -0.3 is 19.4 Å². The van der Waals surface area contributed by atoms with Crippen molar-refractivity contribution in [2.45, 2.75) is 57.4 Å². The standard InChI is InChI=1S/C24H30N2O4/c27-23(25-14-16-5-4-12-26-11-2-1-8-21(16)26)15-29-17-9-10-19-18-6-3-7-20(18)24(28)30-22(19)13-17/h9-10,13,16,21H,1-8,11-12,14-15H2,(H,25,27)/t16-,21-/m1/s1. The fourth-order valence-electron chi connectivity index (χ4n) is 5.61. The van der Waals surface area contributed by atoms with Gasteiger partial charge in [0.2, 0.25) is 0 Å². The monoisotopic (exact) mass is 410 g/mol. The van der Waals surface area contributed by atoms with Crippen LogP contribution in [0, 0.1) is 5.92 Å². The van der Waals surface area contributed by atoms with Crippen molar-refractivity contribution < 1.29 is 13.9 Å². The number of rotatable bonds is 5. The largest absolute Gasteiger partial charge is 0.484 e. The van der Waals surface area contributed by atoms with Crippen LogP contribution >= 0.6 is 0 Å². The van der Waals surface area contributed by atoms with E-state index in [2.05, 4.69) is 10.2 Å². The Hall–Kier alpha value is -2.34. The Kier molecular flexibility index (Phi) is 5.50. The molecule has 6 heteroatoms. The molecule has 0 radical (unpaired) electrons. The van der Waals surface area contributed by atoms with Crippen molar-refractivity contribution in [1.29, 1.82) is 0 Å². The van der Waals surface area contributed by atoms with Gasteiger partial charge >= 0.3 is 5.63 Å². The first-order valence-electron chi connectivity index (χ1n) is 11.4. The second kappa shape index (κ2) is 8.42. The summed E-state index contributed by atoms with van der Waals surface area (Å²) in [5.74, 6) is 0.994. The second-order valence-corrected chi connectivity index (χ2v) is 8.95. The average molecular weight is 411 g/mol. The third-order valence-electron chi connectivity index (χ3n) is 7.11. The molecule has 3 heterocycles. The van der Waals surface area contributed by atoms with Crippen LogP contribution in [0.2, 0.25) is 0 Å². The van der Waals surface area contributed by atoms with Crippen molar-refractivity contribution >= 4 is 16.9 Å². The molecule has 0 bridgehead atoms. The lowest BCUT2D eigenvalue weighted by molar-refractivity contribution is -0.123. The van der Waals surface area contributed by atoms with Gasteiger partial charge in [-0.3, -0.25) is 4.79 Å². The maximum atomic E-state index is 12.4. The minimum Gasteiger partial charge on any atom is -0.484 e. The molecule has 1 N–H and O–H groups in total. The maximum Gasteiger partial charge on any atom is 0.339 e. The molecular weight excluding hydrogens is 380 g/mol. The predicted octanol–water partition coefficient (Wildman–Crippen LogP) is 3.04. The van der Waals surface area contributed by atoms with E-state index in [1.165, 1.54) is 45.2 Å². The highest BCUT2D eigenvalue weighted by molar-refractivity contribution is 5.83. The van der Waals surface area contributed by atoms with Crippen LogP contribution in [-0.2, 0) is 17.6 Å². The lowest BCUT2D eigenvalue weighted by atomic mass is 9.83. The molecule has 2 saturated heterocycles. The van der Waals surface area contributed by atoms with Crippen LogP contribution in [-0.4, -0.2) is 43.1 Å². The average Bonchev–Trinajstić information content (AvgIpc) is 3.27. The van der Waals surface area contributed by atoms with Gasteiger partial charge in [0.15, 0.2) is 6.61 Å². The molecule has 2 aliphatic heterocycles. The van der Waals surface area contributed by atoms with E-state index in [1.807, 2.05) is 12.1 Å². The van der Waals surface area contributed by atoms with E-state index in [0.29, 0.717) is 23.3 Å². The van der Waals surface area contributed by atoms with Gasteiger partial charge in [0.25, 0.3) is 5.91 Å². The first-order valence-corrected chi connectivity index (χ1v) is 11.4. The molecule has 3 aliphatic rings. The SMILES string of the molecule is O=C(COc1ccc2c3c(c(=O)oc2c1)CCC3)NC[C@H]1CCCN2CCCC[C@H]12. The Morgan fingerprint density at radius 2 is 1.97 bits per heavy atom. The summed E-state index contributed by atoms with van der Waals surface area (Å²) in [7, 11) is 0. The quantitative estimate of drug-likeness (QED) is 0.767. The number of aryl methyl sites for hydroxylation is 1. The van der Waals surface area contributed by atoms with Crippen LogP contribution in [0.15, 0.2) is 27.4 Å². The minimum absolute atomic E-state index is 0.0260. The zero-order chi connectivity index (χ0) is 20.5. The topological polar surface area (TPSA) is 71.8 Å². The van der Waals surface area contributed by atoms with Crippen LogP contribution in [0.25, 0.3) is 11.0 Å². The summed E-state index contributed by atoms with van der Waals surface area (Å²) in [5, 5.41) is 4.05. The lowest BCUT2D eigenvalue weighted by Gasteiger charge is -2.44. The number of hydrogen-bond donors (Lipinski definition) is 1. The maximum absolute atomic E-state index is 12.4. The smallest absolute Gasteiger partial charge is 0.339 e. The van der Waals surface area contributed by atoms with Gasteiger partial charge in [-0.25, -0.2) is 4.79 Å². The van der Waals surface area contributed by atoms with Gasteiger partial charge in [0.1, 0.15) is 11.3 Å². The predicted molar refractivity (Wildman–Crippen MR) is 115 cm³/mol. The van der Waals surface area contributed by atoms with Crippen LogP contribution in [0.4, 0.5) is 0 Å². The fraction of sp³-hybridized carbons (Fsp3) is 0.583. The number of ether oxygens (including phenoxy) is 1. The number of carbonyl (C=O) groups excluding carboxylic acids is 1. The van der Waals surface area contributed by atoms with Gasteiger partial charge in [0, 0.05) is 29.6 Å². The van der Waals surface area contributed by atoms with Gasteiger partial charge in [-0.1, -0.05) is 6.42 Å². The van der Waals surface area contributed by atoms with Crippen LogP contribution in [0.3, 0.4) is 0 Å². The Morgan fingerprint density at radius 1 is 1.10 bits per heavy atom. The second-order valence-electron chi connectivity index (χ2n) is 8.95. The highest BCUT2D eigenvalue weighted by Gasteiger charge is 2.32. The summed E-state index contributed by atoms with van der Waals surface area (Å²) in [5.41, 5.74) is 2.22. The molecule has 1 aromatic heterocycles. The Balaban J connectivity index is 1.18. The van der Waals surface area contributed by atoms with Crippen molar-refractivity contribution in [2.24, 2.45) is 5.92 Å². The lowest BCUT2D eigenvalue weighted by Crippen LogP contribution is -2.51. The van der Waals surface area contributed by atoms with Gasteiger partial charge in [-0.05, 0) is 81.6 Å². The minimum atomic E-state index is -0.242.